The second-order valence-corrected chi connectivity index (χ2v) is 1.82. The van der Waals surface area contributed by atoms with Gasteiger partial charge in [0, 0.05) is 7.05 Å². The zero-order valence-electron chi connectivity index (χ0n) is 4.93. The van der Waals surface area contributed by atoms with Crippen molar-refractivity contribution < 1.29 is 4.79 Å². The normalized spacial score (nSPS) is 12.9. The van der Waals surface area contributed by atoms with Crippen molar-refractivity contribution in [2.24, 2.45) is 0 Å². The quantitative estimate of drug-likeness (QED) is 0.342. The number of carbonyl (C=O) groups excluding carboxylic acids is 1. The van der Waals surface area contributed by atoms with Gasteiger partial charge in [0.25, 0.3) is 0 Å². The lowest BCUT2D eigenvalue weighted by atomic mass is 10.6. The number of hydrogen-bond donors (Lipinski definition) is 3. The molecule has 1 atom stereocenters. The maximum atomic E-state index is 10.5. The van der Waals surface area contributed by atoms with Gasteiger partial charge in [-0.05, 0) is 7.05 Å². The molecule has 48 valence electrons. The van der Waals surface area contributed by atoms with Gasteiger partial charge in [0.1, 0.15) is 5.37 Å². The van der Waals surface area contributed by atoms with Crippen LogP contribution in [0.3, 0.4) is 0 Å². The SMILES string of the molecule is CNC(=O)C(S)NC. The van der Waals surface area contributed by atoms with E-state index in [1.807, 2.05) is 0 Å². The standard InChI is InChI=1S/C4H10N2OS/c1-5-3(7)4(8)6-2/h4,6,8H,1-2H3,(H,5,7). The molecule has 4 heteroatoms. The van der Waals surface area contributed by atoms with E-state index in [2.05, 4.69) is 23.3 Å². The Balaban J connectivity index is 3.46. The predicted octanol–water partition coefficient (Wildman–Crippen LogP) is -0.792. The lowest BCUT2D eigenvalue weighted by molar-refractivity contribution is -0.120. The number of hydrogen-bond acceptors (Lipinski definition) is 3. The van der Waals surface area contributed by atoms with Crippen LogP contribution in [0, 0.1) is 0 Å². The molecule has 0 radical (unpaired) electrons. The Morgan fingerprint density at radius 3 is 2.25 bits per heavy atom. The van der Waals surface area contributed by atoms with Crippen LogP contribution in [0.25, 0.3) is 0 Å². The van der Waals surface area contributed by atoms with Crippen LogP contribution in [0.2, 0.25) is 0 Å². The van der Waals surface area contributed by atoms with Crippen molar-refractivity contribution in [1.29, 1.82) is 0 Å². The molecule has 2 N–H and O–H groups in total. The van der Waals surface area contributed by atoms with E-state index in [1.54, 1.807) is 14.1 Å². The Kier molecular flexibility index (Phi) is 3.64. The molecule has 0 fully saturated rings. The van der Waals surface area contributed by atoms with Crippen LogP contribution in [0.1, 0.15) is 0 Å². The van der Waals surface area contributed by atoms with Gasteiger partial charge in [-0.15, -0.1) is 0 Å². The first-order valence-electron chi connectivity index (χ1n) is 2.29. The number of amides is 1. The average Bonchev–Trinajstić information content (AvgIpc) is 1.84. The minimum absolute atomic E-state index is 0.115. The Hall–Kier alpha value is -0.220. The zero-order valence-corrected chi connectivity index (χ0v) is 5.83. The Morgan fingerprint density at radius 2 is 2.12 bits per heavy atom. The number of nitrogens with one attached hydrogen (secondary N) is 2. The van der Waals surface area contributed by atoms with Gasteiger partial charge in [0.05, 0.1) is 0 Å². The first-order valence-corrected chi connectivity index (χ1v) is 2.81. The molecular weight excluding hydrogens is 124 g/mol. The largest absolute Gasteiger partial charge is 0.357 e. The van der Waals surface area contributed by atoms with E-state index < -0.39 is 0 Å². The fourth-order valence-electron chi connectivity index (χ4n) is 0.268. The van der Waals surface area contributed by atoms with E-state index in [9.17, 15) is 4.79 Å². The molecule has 0 aliphatic heterocycles. The number of carbonyl (C=O) groups is 1. The summed E-state index contributed by atoms with van der Waals surface area (Å²) in [5, 5.41) is 4.72. The summed E-state index contributed by atoms with van der Waals surface area (Å²) in [7, 11) is 3.25. The van der Waals surface area contributed by atoms with Gasteiger partial charge in [0.15, 0.2) is 0 Å². The average molecular weight is 134 g/mol. The Morgan fingerprint density at radius 1 is 1.62 bits per heavy atom. The Bertz CT molecular complexity index is 86.1. The van der Waals surface area contributed by atoms with Crippen LogP contribution in [-0.4, -0.2) is 25.4 Å². The van der Waals surface area contributed by atoms with Crippen molar-refractivity contribution in [1.82, 2.24) is 10.6 Å². The highest BCUT2D eigenvalue weighted by Crippen LogP contribution is 1.84. The molecule has 8 heavy (non-hydrogen) atoms. The number of rotatable bonds is 2. The van der Waals surface area contributed by atoms with Gasteiger partial charge in [-0.25, -0.2) is 0 Å². The number of likely N-dealkylation sites (N-methyl/N-ethyl adjacent to an activating group) is 2. The van der Waals surface area contributed by atoms with Crippen LogP contribution in [0.15, 0.2) is 0 Å². The lowest BCUT2D eigenvalue weighted by Crippen LogP contribution is -2.36. The molecule has 1 unspecified atom stereocenters. The molecule has 0 aromatic heterocycles. The Labute approximate surface area is 54.3 Å². The van der Waals surface area contributed by atoms with E-state index in [1.165, 1.54) is 0 Å². The van der Waals surface area contributed by atoms with Crippen LogP contribution in [0.4, 0.5) is 0 Å². The minimum atomic E-state index is -0.389. The van der Waals surface area contributed by atoms with Crippen LogP contribution in [-0.2, 0) is 4.79 Å². The summed E-state index contributed by atoms with van der Waals surface area (Å²) >= 11 is 3.88. The van der Waals surface area contributed by atoms with Gasteiger partial charge < -0.3 is 10.6 Å². The smallest absolute Gasteiger partial charge is 0.247 e. The topological polar surface area (TPSA) is 41.1 Å². The molecule has 0 aromatic rings. The molecule has 0 spiro atoms. The van der Waals surface area contributed by atoms with Crippen molar-refractivity contribution in [2.75, 3.05) is 14.1 Å². The molecule has 3 nitrogen and oxygen atoms in total. The fraction of sp³-hybridized carbons (Fsp3) is 0.750. The van der Waals surface area contributed by atoms with Crippen LogP contribution < -0.4 is 10.6 Å². The third-order valence-electron chi connectivity index (χ3n) is 0.768. The molecule has 1 amide bonds. The first kappa shape index (κ1) is 7.78. The molecule has 0 aliphatic carbocycles. The summed E-state index contributed by atoms with van der Waals surface area (Å²) in [5.74, 6) is -0.115. The lowest BCUT2D eigenvalue weighted by Gasteiger charge is -2.04. The summed E-state index contributed by atoms with van der Waals surface area (Å²) in [6, 6.07) is 0. The van der Waals surface area contributed by atoms with E-state index >= 15 is 0 Å². The molecular formula is C4H10N2OS. The van der Waals surface area contributed by atoms with Gasteiger partial charge in [-0.3, -0.25) is 4.79 Å². The van der Waals surface area contributed by atoms with Gasteiger partial charge in [-0.1, -0.05) is 0 Å². The van der Waals surface area contributed by atoms with Crippen molar-refractivity contribution in [3.8, 4) is 0 Å². The zero-order chi connectivity index (χ0) is 6.57. The molecule has 0 saturated carbocycles. The maximum Gasteiger partial charge on any atom is 0.247 e. The monoisotopic (exact) mass is 134 g/mol. The highest BCUT2D eigenvalue weighted by Gasteiger charge is 2.06. The molecule has 0 saturated heterocycles. The molecule has 0 heterocycles. The predicted molar refractivity (Wildman–Crippen MR) is 35.9 cm³/mol. The minimum Gasteiger partial charge on any atom is -0.357 e. The number of thiol groups is 1. The first-order chi connectivity index (χ1) is 3.72. The van der Waals surface area contributed by atoms with Crippen molar-refractivity contribution >= 4 is 18.5 Å². The summed E-state index contributed by atoms with van der Waals surface area (Å²) < 4.78 is 0. The second-order valence-electron chi connectivity index (χ2n) is 1.31. The molecule has 0 rings (SSSR count). The molecule has 0 aromatic carbocycles. The fourth-order valence-corrected chi connectivity index (χ4v) is 0.397. The highest BCUT2D eigenvalue weighted by molar-refractivity contribution is 7.81. The van der Waals surface area contributed by atoms with E-state index in [0.717, 1.165) is 0 Å². The van der Waals surface area contributed by atoms with E-state index in [0.29, 0.717) is 0 Å². The van der Waals surface area contributed by atoms with Crippen LogP contribution in [0.5, 0.6) is 0 Å². The third-order valence-corrected chi connectivity index (χ3v) is 1.26. The molecule has 0 aliphatic rings. The third kappa shape index (κ3) is 2.18. The van der Waals surface area contributed by atoms with Crippen molar-refractivity contribution in [2.45, 2.75) is 5.37 Å². The van der Waals surface area contributed by atoms with Crippen molar-refractivity contribution in [3.05, 3.63) is 0 Å². The van der Waals surface area contributed by atoms with E-state index in [4.69, 9.17) is 0 Å². The summed E-state index contributed by atoms with van der Waals surface area (Å²) in [6.45, 7) is 0. The van der Waals surface area contributed by atoms with E-state index in [-0.39, 0.29) is 11.3 Å². The van der Waals surface area contributed by atoms with Crippen LogP contribution >= 0.6 is 12.6 Å². The van der Waals surface area contributed by atoms with Gasteiger partial charge in [-0.2, -0.15) is 12.6 Å². The van der Waals surface area contributed by atoms with Gasteiger partial charge in [0.2, 0.25) is 5.91 Å². The summed E-state index contributed by atoms with van der Waals surface area (Å²) in [5.41, 5.74) is 0. The maximum absolute atomic E-state index is 10.5. The highest BCUT2D eigenvalue weighted by atomic mass is 32.1. The summed E-state index contributed by atoms with van der Waals surface area (Å²) in [6.07, 6.45) is 0. The second kappa shape index (κ2) is 3.74. The summed E-state index contributed by atoms with van der Waals surface area (Å²) in [4.78, 5) is 10.5. The van der Waals surface area contributed by atoms with Crippen molar-refractivity contribution in [3.63, 3.8) is 0 Å². The molecule has 0 bridgehead atoms. The van der Waals surface area contributed by atoms with Gasteiger partial charge >= 0.3 is 0 Å².